The van der Waals surface area contributed by atoms with Crippen molar-refractivity contribution in [1.82, 2.24) is 4.98 Å². The molecule has 4 rings (SSSR count). The van der Waals surface area contributed by atoms with Crippen LogP contribution in [0.25, 0.3) is 0 Å². The van der Waals surface area contributed by atoms with Gasteiger partial charge in [-0.05, 0) is 92.4 Å². The molecule has 7 heteroatoms. The molecular weight excluding hydrogens is 398 g/mol. The summed E-state index contributed by atoms with van der Waals surface area (Å²) in [6, 6.07) is 4.16. The van der Waals surface area contributed by atoms with Crippen LogP contribution in [0.4, 0.5) is 11.4 Å². The number of esters is 1. The third-order valence-electron chi connectivity index (χ3n) is 5.91. The highest BCUT2D eigenvalue weighted by Gasteiger charge is 2.24. The molecule has 3 N–H and O–H groups in total. The Hall–Kier alpha value is -2.67. The van der Waals surface area contributed by atoms with Crippen molar-refractivity contribution in [2.45, 2.75) is 58.3 Å². The molecule has 0 atom stereocenters. The number of thiocarbonyl (C=S) groups is 1. The van der Waals surface area contributed by atoms with Crippen molar-refractivity contribution in [2.24, 2.45) is 0 Å². The predicted molar refractivity (Wildman–Crippen MR) is 122 cm³/mol. The molecule has 2 aliphatic carbocycles. The quantitative estimate of drug-likeness (QED) is 0.484. The highest BCUT2D eigenvalue weighted by Crippen LogP contribution is 2.38. The molecule has 0 unspecified atom stereocenters. The number of carbonyl (C=O) groups excluding carboxylic acids is 1. The SMILES string of the molecule is CCOC(=O)CCc1c(NC(=S)Nc2c3c(cc4c2CCC4)CCC3)cc[nH]c1=O. The van der Waals surface area contributed by atoms with E-state index < -0.39 is 0 Å². The molecule has 6 nitrogen and oxygen atoms in total. The highest BCUT2D eigenvalue weighted by molar-refractivity contribution is 7.80. The lowest BCUT2D eigenvalue weighted by molar-refractivity contribution is -0.143. The lowest BCUT2D eigenvalue weighted by atomic mass is 9.99. The maximum Gasteiger partial charge on any atom is 0.306 e. The van der Waals surface area contributed by atoms with Crippen molar-refractivity contribution in [3.05, 3.63) is 56.5 Å². The standard InChI is InChI=1S/C23H27N3O3S/c1-2-29-20(27)10-9-18-19(11-12-24-22(18)28)25-23(30)26-21-16-7-3-5-14(16)13-15-6-4-8-17(15)21/h11-13H,2-10H2,1H3,(H3,24,25,26,28,30). The largest absolute Gasteiger partial charge is 0.466 e. The molecule has 0 saturated carbocycles. The van der Waals surface area contributed by atoms with Crippen LogP contribution >= 0.6 is 12.2 Å². The first-order chi connectivity index (χ1) is 14.6. The van der Waals surface area contributed by atoms with E-state index >= 15 is 0 Å². The van der Waals surface area contributed by atoms with Gasteiger partial charge in [-0.1, -0.05) is 6.07 Å². The van der Waals surface area contributed by atoms with Gasteiger partial charge in [0.25, 0.3) is 5.56 Å². The number of rotatable bonds is 6. The average Bonchev–Trinajstić information content (AvgIpc) is 3.37. The molecule has 0 spiro atoms. The zero-order valence-corrected chi connectivity index (χ0v) is 18.0. The van der Waals surface area contributed by atoms with Crippen molar-refractivity contribution in [2.75, 3.05) is 17.2 Å². The lowest BCUT2D eigenvalue weighted by Crippen LogP contribution is -2.24. The summed E-state index contributed by atoms with van der Waals surface area (Å²) in [5.41, 5.74) is 7.69. The van der Waals surface area contributed by atoms with Gasteiger partial charge in [-0.25, -0.2) is 0 Å². The fraction of sp³-hybridized carbons (Fsp3) is 0.435. The summed E-state index contributed by atoms with van der Waals surface area (Å²) in [5.74, 6) is -0.317. The summed E-state index contributed by atoms with van der Waals surface area (Å²) in [5, 5.41) is 7.09. The first-order valence-corrected chi connectivity index (χ1v) is 11.1. The van der Waals surface area contributed by atoms with Gasteiger partial charge in [0, 0.05) is 23.9 Å². The Balaban J connectivity index is 1.53. The molecule has 1 aromatic carbocycles. The molecule has 0 bridgehead atoms. The van der Waals surface area contributed by atoms with Crippen molar-refractivity contribution < 1.29 is 9.53 Å². The number of aromatic amines is 1. The number of fused-ring (bicyclic) bond motifs is 2. The molecule has 0 fully saturated rings. The van der Waals surface area contributed by atoms with Crippen LogP contribution in [0.1, 0.15) is 54.0 Å². The predicted octanol–water partition coefficient (Wildman–Crippen LogP) is 3.66. The topological polar surface area (TPSA) is 83.2 Å². The van der Waals surface area contributed by atoms with E-state index in [1.165, 1.54) is 35.1 Å². The van der Waals surface area contributed by atoms with Crippen LogP contribution in [0.15, 0.2) is 23.1 Å². The molecule has 1 heterocycles. The number of ether oxygens (including phenoxy) is 1. The van der Waals surface area contributed by atoms with Gasteiger partial charge >= 0.3 is 5.97 Å². The highest BCUT2D eigenvalue weighted by atomic mass is 32.1. The van der Waals surface area contributed by atoms with Gasteiger partial charge in [0.15, 0.2) is 5.11 Å². The number of nitrogens with one attached hydrogen (secondary N) is 3. The molecule has 0 amide bonds. The maximum absolute atomic E-state index is 12.3. The second kappa shape index (κ2) is 9.00. The van der Waals surface area contributed by atoms with Crippen molar-refractivity contribution in [1.29, 1.82) is 0 Å². The van der Waals surface area contributed by atoms with E-state index in [1.54, 1.807) is 19.2 Å². The minimum absolute atomic E-state index is 0.148. The second-order valence-electron chi connectivity index (χ2n) is 7.82. The number of hydrogen-bond acceptors (Lipinski definition) is 4. The molecular formula is C23H27N3O3S. The number of benzene rings is 1. The molecule has 1 aromatic heterocycles. The third-order valence-corrected chi connectivity index (χ3v) is 6.11. The Bertz CT molecular complexity index is 1010. The minimum atomic E-state index is -0.317. The molecule has 2 aliphatic rings. The Kier molecular flexibility index (Phi) is 6.18. The summed E-state index contributed by atoms with van der Waals surface area (Å²) in [4.78, 5) is 26.7. The second-order valence-corrected chi connectivity index (χ2v) is 8.23. The van der Waals surface area contributed by atoms with Gasteiger partial charge < -0.3 is 20.4 Å². The summed E-state index contributed by atoms with van der Waals surface area (Å²) in [7, 11) is 0. The number of hydrogen-bond donors (Lipinski definition) is 3. The summed E-state index contributed by atoms with van der Waals surface area (Å²) in [6.07, 6.45) is 8.78. The van der Waals surface area contributed by atoms with Gasteiger partial charge in [0.2, 0.25) is 0 Å². The van der Waals surface area contributed by atoms with Crippen LogP contribution in [-0.2, 0) is 41.6 Å². The Morgan fingerprint density at radius 2 is 1.83 bits per heavy atom. The maximum atomic E-state index is 12.3. The van der Waals surface area contributed by atoms with Crippen LogP contribution in [-0.4, -0.2) is 22.7 Å². The lowest BCUT2D eigenvalue weighted by Gasteiger charge is -2.19. The smallest absolute Gasteiger partial charge is 0.306 e. The van der Waals surface area contributed by atoms with E-state index in [9.17, 15) is 9.59 Å². The van der Waals surface area contributed by atoms with Crippen LogP contribution in [0.5, 0.6) is 0 Å². The zero-order chi connectivity index (χ0) is 21.1. The summed E-state index contributed by atoms with van der Waals surface area (Å²) < 4.78 is 4.98. The number of carbonyl (C=O) groups is 1. The molecule has 0 saturated heterocycles. The van der Waals surface area contributed by atoms with Crippen molar-refractivity contribution in [3.8, 4) is 0 Å². The van der Waals surface area contributed by atoms with Crippen molar-refractivity contribution in [3.63, 3.8) is 0 Å². The van der Waals surface area contributed by atoms with Crippen LogP contribution in [0.2, 0.25) is 0 Å². The Labute approximate surface area is 181 Å². The normalized spacial score (nSPS) is 14.2. The minimum Gasteiger partial charge on any atom is -0.466 e. The number of H-pyrrole nitrogens is 1. The van der Waals surface area contributed by atoms with Gasteiger partial charge in [0.1, 0.15) is 0 Å². The fourth-order valence-corrected chi connectivity index (χ4v) is 4.78. The van der Waals surface area contributed by atoms with Gasteiger partial charge in [-0.2, -0.15) is 0 Å². The average molecular weight is 426 g/mol. The third kappa shape index (κ3) is 4.26. The number of pyridine rings is 1. The van der Waals surface area contributed by atoms with E-state index in [-0.39, 0.29) is 24.4 Å². The fourth-order valence-electron chi connectivity index (χ4n) is 4.57. The monoisotopic (exact) mass is 425 g/mol. The Morgan fingerprint density at radius 1 is 1.13 bits per heavy atom. The summed E-state index contributed by atoms with van der Waals surface area (Å²) >= 11 is 5.61. The number of aromatic nitrogens is 1. The van der Waals surface area contributed by atoms with Crippen LogP contribution in [0.3, 0.4) is 0 Å². The van der Waals surface area contributed by atoms with Crippen LogP contribution < -0.4 is 16.2 Å². The molecule has 0 radical (unpaired) electrons. The van der Waals surface area contributed by atoms with E-state index in [2.05, 4.69) is 21.7 Å². The van der Waals surface area contributed by atoms with Gasteiger partial charge in [-0.15, -0.1) is 0 Å². The molecule has 0 aliphatic heterocycles. The molecule has 2 aromatic rings. The number of aryl methyl sites for hydroxylation is 2. The van der Waals surface area contributed by atoms with E-state index in [0.29, 0.717) is 23.0 Å². The van der Waals surface area contributed by atoms with Crippen molar-refractivity contribution >= 4 is 34.7 Å². The first-order valence-electron chi connectivity index (χ1n) is 10.7. The Morgan fingerprint density at radius 3 is 2.50 bits per heavy atom. The van der Waals surface area contributed by atoms with E-state index in [1.807, 2.05) is 0 Å². The summed E-state index contributed by atoms with van der Waals surface area (Å²) in [6.45, 7) is 2.09. The molecule has 30 heavy (non-hydrogen) atoms. The first kappa shape index (κ1) is 20.6. The number of anilines is 2. The molecule has 158 valence electrons. The van der Waals surface area contributed by atoms with E-state index in [0.717, 1.165) is 31.4 Å². The van der Waals surface area contributed by atoms with Gasteiger partial charge in [-0.3, -0.25) is 9.59 Å². The van der Waals surface area contributed by atoms with E-state index in [4.69, 9.17) is 17.0 Å². The van der Waals surface area contributed by atoms with Crippen LogP contribution in [0, 0.1) is 0 Å². The zero-order valence-electron chi connectivity index (χ0n) is 17.2. The van der Waals surface area contributed by atoms with Gasteiger partial charge in [0.05, 0.1) is 12.3 Å².